The zero-order valence-corrected chi connectivity index (χ0v) is 15.2. The van der Waals surface area contributed by atoms with Gasteiger partial charge >= 0.3 is 0 Å². The molecule has 2 N–H and O–H groups in total. The van der Waals surface area contributed by atoms with Gasteiger partial charge in [-0.15, -0.1) is 0 Å². The fourth-order valence-corrected chi connectivity index (χ4v) is 3.59. The van der Waals surface area contributed by atoms with Gasteiger partial charge in [-0.1, -0.05) is 25.0 Å². The van der Waals surface area contributed by atoms with Crippen molar-refractivity contribution in [3.8, 4) is 0 Å². The first-order chi connectivity index (χ1) is 12.2. The monoisotopic (exact) mass is 347 g/mol. The van der Waals surface area contributed by atoms with Crippen molar-refractivity contribution in [2.75, 3.05) is 26.7 Å². The van der Waals surface area contributed by atoms with E-state index in [4.69, 9.17) is 4.74 Å². The zero-order chi connectivity index (χ0) is 17.5. The third-order valence-corrected chi connectivity index (χ3v) is 5.38. The van der Waals surface area contributed by atoms with Gasteiger partial charge in [-0.05, 0) is 49.8 Å². The van der Waals surface area contributed by atoms with Gasteiger partial charge in [0.25, 0.3) is 0 Å². The standard InChI is InChI=1S/C20H30FN3O/c1-22-19(23-12-5-13-25-18-8-2-3-9-18)24-15-20(10-11-20)16-6-4-7-17(21)14-16/h4,6-7,14,18H,2-3,5,8-13,15H2,1H3,(H2,22,23,24). The summed E-state index contributed by atoms with van der Waals surface area (Å²) in [5.74, 6) is 0.650. The molecule has 2 fully saturated rings. The Morgan fingerprint density at radius 1 is 1.28 bits per heavy atom. The van der Waals surface area contributed by atoms with E-state index in [0.717, 1.165) is 50.5 Å². The third kappa shape index (κ3) is 5.18. The summed E-state index contributed by atoms with van der Waals surface area (Å²) in [7, 11) is 1.78. The molecule has 0 amide bonds. The van der Waals surface area contributed by atoms with Crippen LogP contribution < -0.4 is 10.6 Å². The van der Waals surface area contributed by atoms with Crippen LogP contribution in [0, 0.1) is 5.82 Å². The molecule has 5 heteroatoms. The Morgan fingerprint density at radius 2 is 2.08 bits per heavy atom. The number of guanidine groups is 1. The van der Waals surface area contributed by atoms with E-state index >= 15 is 0 Å². The second-order valence-corrected chi connectivity index (χ2v) is 7.27. The number of benzene rings is 1. The number of hydrogen-bond acceptors (Lipinski definition) is 2. The molecular weight excluding hydrogens is 317 g/mol. The molecule has 0 bridgehead atoms. The van der Waals surface area contributed by atoms with Crippen LogP contribution in [0.3, 0.4) is 0 Å². The van der Waals surface area contributed by atoms with Crippen LogP contribution in [0.1, 0.15) is 50.5 Å². The van der Waals surface area contributed by atoms with E-state index in [-0.39, 0.29) is 11.2 Å². The highest BCUT2D eigenvalue weighted by Gasteiger charge is 2.44. The lowest BCUT2D eigenvalue weighted by Crippen LogP contribution is -2.41. The predicted octanol–water partition coefficient (Wildman–Crippen LogP) is 3.37. The number of hydrogen-bond donors (Lipinski definition) is 2. The molecule has 0 atom stereocenters. The van der Waals surface area contributed by atoms with Crippen LogP contribution in [0.2, 0.25) is 0 Å². The average Bonchev–Trinajstić information content (AvgIpc) is 3.24. The summed E-state index contributed by atoms with van der Waals surface area (Å²) in [5.41, 5.74) is 1.14. The van der Waals surface area contributed by atoms with Crippen LogP contribution in [0.4, 0.5) is 4.39 Å². The van der Waals surface area contributed by atoms with Crippen LogP contribution in [0.5, 0.6) is 0 Å². The number of ether oxygens (including phenoxy) is 1. The smallest absolute Gasteiger partial charge is 0.191 e. The molecule has 0 spiro atoms. The Bertz CT molecular complexity index is 580. The van der Waals surface area contributed by atoms with E-state index in [1.807, 2.05) is 6.07 Å². The van der Waals surface area contributed by atoms with Crippen molar-refractivity contribution in [1.82, 2.24) is 10.6 Å². The van der Waals surface area contributed by atoms with Gasteiger partial charge in [0.1, 0.15) is 5.82 Å². The molecule has 25 heavy (non-hydrogen) atoms. The molecule has 0 radical (unpaired) electrons. The largest absolute Gasteiger partial charge is 0.378 e. The average molecular weight is 347 g/mol. The zero-order valence-electron chi connectivity index (χ0n) is 15.2. The Kier molecular flexibility index (Phi) is 6.29. The number of aliphatic imine (C=N–C) groups is 1. The minimum Gasteiger partial charge on any atom is -0.378 e. The molecule has 3 rings (SSSR count). The third-order valence-electron chi connectivity index (χ3n) is 5.38. The topological polar surface area (TPSA) is 45.7 Å². The molecule has 0 aliphatic heterocycles. The number of nitrogens with zero attached hydrogens (tertiary/aromatic N) is 1. The SMILES string of the molecule is CN=C(NCCCOC1CCCC1)NCC1(c2cccc(F)c2)CC1. The Hall–Kier alpha value is -1.62. The summed E-state index contributed by atoms with van der Waals surface area (Å²) < 4.78 is 19.3. The van der Waals surface area contributed by atoms with Crippen LogP contribution >= 0.6 is 0 Å². The number of nitrogens with one attached hydrogen (secondary N) is 2. The molecule has 0 saturated heterocycles. The van der Waals surface area contributed by atoms with Gasteiger partial charge in [-0.3, -0.25) is 4.99 Å². The van der Waals surface area contributed by atoms with Gasteiger partial charge in [0.15, 0.2) is 5.96 Å². The van der Waals surface area contributed by atoms with Crippen molar-refractivity contribution in [3.05, 3.63) is 35.6 Å². The summed E-state index contributed by atoms with van der Waals surface area (Å²) in [4.78, 5) is 4.28. The van der Waals surface area contributed by atoms with Gasteiger partial charge in [0, 0.05) is 32.2 Å². The molecule has 0 heterocycles. The lowest BCUT2D eigenvalue weighted by Gasteiger charge is -2.19. The van der Waals surface area contributed by atoms with Crippen molar-refractivity contribution in [3.63, 3.8) is 0 Å². The maximum atomic E-state index is 13.5. The van der Waals surface area contributed by atoms with Crippen LogP contribution in [-0.2, 0) is 10.2 Å². The molecule has 0 unspecified atom stereocenters. The van der Waals surface area contributed by atoms with Crippen LogP contribution in [0.25, 0.3) is 0 Å². The quantitative estimate of drug-likeness (QED) is 0.430. The highest BCUT2D eigenvalue weighted by Crippen LogP contribution is 2.47. The molecule has 1 aromatic carbocycles. The van der Waals surface area contributed by atoms with Crippen LogP contribution in [-0.4, -0.2) is 38.8 Å². The van der Waals surface area contributed by atoms with E-state index in [9.17, 15) is 4.39 Å². The van der Waals surface area contributed by atoms with Crippen LogP contribution in [0.15, 0.2) is 29.3 Å². The first kappa shape index (κ1) is 18.2. The summed E-state index contributed by atoms with van der Waals surface area (Å²) in [6.45, 7) is 2.44. The molecule has 4 nitrogen and oxygen atoms in total. The lowest BCUT2D eigenvalue weighted by atomic mass is 9.96. The summed E-state index contributed by atoms with van der Waals surface area (Å²) >= 11 is 0. The molecule has 138 valence electrons. The molecule has 0 aromatic heterocycles. The summed E-state index contributed by atoms with van der Waals surface area (Å²) in [6, 6.07) is 6.98. The minimum atomic E-state index is -0.159. The maximum Gasteiger partial charge on any atom is 0.191 e. The fourth-order valence-electron chi connectivity index (χ4n) is 3.59. The van der Waals surface area contributed by atoms with Crippen molar-refractivity contribution in [1.29, 1.82) is 0 Å². The number of rotatable bonds is 8. The van der Waals surface area contributed by atoms with E-state index in [2.05, 4.69) is 15.6 Å². The van der Waals surface area contributed by atoms with Gasteiger partial charge in [-0.2, -0.15) is 0 Å². The number of halogens is 1. The Morgan fingerprint density at radius 3 is 2.76 bits per heavy atom. The Balaban J connectivity index is 1.36. The van der Waals surface area contributed by atoms with Gasteiger partial charge in [0.2, 0.25) is 0 Å². The summed E-state index contributed by atoms with van der Waals surface area (Å²) in [6.07, 6.45) is 8.72. The second-order valence-electron chi connectivity index (χ2n) is 7.27. The van der Waals surface area contributed by atoms with Gasteiger partial charge in [-0.25, -0.2) is 4.39 Å². The van der Waals surface area contributed by atoms with E-state index < -0.39 is 0 Å². The van der Waals surface area contributed by atoms with Crippen molar-refractivity contribution >= 4 is 5.96 Å². The Labute approximate surface area is 150 Å². The summed E-state index contributed by atoms with van der Waals surface area (Å²) in [5, 5.41) is 6.74. The molecule has 2 saturated carbocycles. The molecular formula is C20H30FN3O. The highest BCUT2D eigenvalue weighted by molar-refractivity contribution is 5.79. The van der Waals surface area contributed by atoms with E-state index in [1.54, 1.807) is 19.2 Å². The highest BCUT2D eigenvalue weighted by atomic mass is 19.1. The second kappa shape index (κ2) is 8.65. The van der Waals surface area contributed by atoms with Gasteiger partial charge in [0.05, 0.1) is 6.10 Å². The fraction of sp³-hybridized carbons (Fsp3) is 0.650. The molecule has 1 aromatic rings. The predicted molar refractivity (Wildman–Crippen MR) is 99.5 cm³/mol. The first-order valence-corrected chi connectivity index (χ1v) is 9.54. The normalized spacial score (nSPS) is 19.8. The van der Waals surface area contributed by atoms with Crippen molar-refractivity contribution in [2.24, 2.45) is 4.99 Å². The van der Waals surface area contributed by atoms with Gasteiger partial charge < -0.3 is 15.4 Å². The maximum absolute atomic E-state index is 13.5. The minimum absolute atomic E-state index is 0.0608. The lowest BCUT2D eigenvalue weighted by molar-refractivity contribution is 0.0574. The van der Waals surface area contributed by atoms with Crippen molar-refractivity contribution in [2.45, 2.75) is 56.5 Å². The van der Waals surface area contributed by atoms with E-state index in [1.165, 1.54) is 31.7 Å². The molecule has 2 aliphatic carbocycles. The van der Waals surface area contributed by atoms with Crippen molar-refractivity contribution < 1.29 is 9.13 Å². The first-order valence-electron chi connectivity index (χ1n) is 9.54. The van der Waals surface area contributed by atoms with E-state index in [0.29, 0.717) is 6.10 Å². The molecule has 2 aliphatic rings.